The zero-order valence-corrected chi connectivity index (χ0v) is 13.5. The lowest BCUT2D eigenvalue weighted by atomic mass is 10.1. The highest BCUT2D eigenvalue weighted by Gasteiger charge is 2.16. The van der Waals surface area contributed by atoms with E-state index in [0.717, 1.165) is 25.9 Å². The third-order valence-electron chi connectivity index (χ3n) is 4.28. The summed E-state index contributed by atoms with van der Waals surface area (Å²) in [5.74, 6) is 0.135. The van der Waals surface area contributed by atoms with Crippen molar-refractivity contribution in [3.63, 3.8) is 0 Å². The fourth-order valence-corrected chi connectivity index (χ4v) is 3.14. The monoisotopic (exact) mass is 303 g/mol. The number of carbonyl (C=O) groups excluding carboxylic acids is 1. The Kier molecular flexibility index (Phi) is 7.40. The van der Waals surface area contributed by atoms with E-state index in [1.54, 1.807) is 0 Å². The fraction of sp³-hybridized carbons (Fsp3) is 0.611. The summed E-state index contributed by atoms with van der Waals surface area (Å²) >= 11 is 0. The van der Waals surface area contributed by atoms with E-state index in [9.17, 15) is 4.79 Å². The maximum atomic E-state index is 12.3. The van der Waals surface area contributed by atoms with E-state index in [4.69, 9.17) is 5.73 Å². The van der Waals surface area contributed by atoms with Gasteiger partial charge >= 0.3 is 0 Å². The molecule has 0 spiro atoms. The van der Waals surface area contributed by atoms with Crippen molar-refractivity contribution in [1.82, 2.24) is 10.2 Å². The molecule has 22 heavy (non-hydrogen) atoms. The summed E-state index contributed by atoms with van der Waals surface area (Å²) in [7, 11) is 0. The Labute approximate surface area is 134 Å². The molecule has 122 valence electrons. The van der Waals surface area contributed by atoms with Gasteiger partial charge in [-0.15, -0.1) is 0 Å². The second-order valence-electron chi connectivity index (χ2n) is 6.24. The lowest BCUT2D eigenvalue weighted by Gasteiger charge is -2.23. The highest BCUT2D eigenvalue weighted by Crippen LogP contribution is 2.17. The van der Waals surface area contributed by atoms with Gasteiger partial charge in [-0.2, -0.15) is 0 Å². The second kappa shape index (κ2) is 9.59. The molecule has 0 aliphatic heterocycles. The predicted octanol–water partition coefficient (Wildman–Crippen LogP) is 2.29. The Morgan fingerprint density at radius 2 is 1.82 bits per heavy atom. The number of hydrogen-bond donors (Lipinski definition) is 2. The molecule has 3 N–H and O–H groups in total. The van der Waals surface area contributed by atoms with E-state index >= 15 is 0 Å². The van der Waals surface area contributed by atoms with E-state index < -0.39 is 0 Å². The van der Waals surface area contributed by atoms with Crippen LogP contribution in [0.3, 0.4) is 0 Å². The third kappa shape index (κ3) is 6.16. The average molecular weight is 303 g/mol. The maximum absolute atomic E-state index is 12.3. The molecule has 4 nitrogen and oxygen atoms in total. The van der Waals surface area contributed by atoms with Gasteiger partial charge in [0.05, 0.1) is 6.54 Å². The van der Waals surface area contributed by atoms with Gasteiger partial charge in [-0.05, 0) is 18.4 Å². The molecule has 2 rings (SSSR count). The van der Waals surface area contributed by atoms with Gasteiger partial charge < -0.3 is 11.1 Å². The summed E-state index contributed by atoms with van der Waals surface area (Å²) in [6, 6.07) is 10.6. The van der Waals surface area contributed by atoms with E-state index in [2.05, 4.69) is 22.3 Å². The summed E-state index contributed by atoms with van der Waals surface area (Å²) in [6.07, 6.45) is 7.34. The van der Waals surface area contributed by atoms with Crippen molar-refractivity contribution >= 4 is 5.91 Å². The van der Waals surface area contributed by atoms with Gasteiger partial charge in [-0.25, -0.2) is 0 Å². The molecule has 0 aromatic heterocycles. The molecule has 0 saturated heterocycles. The van der Waals surface area contributed by atoms with E-state index in [1.807, 2.05) is 18.2 Å². The summed E-state index contributed by atoms with van der Waals surface area (Å²) < 4.78 is 0. The fourth-order valence-electron chi connectivity index (χ4n) is 3.14. The SMILES string of the molecule is NCCN(CC(=O)NC1CCCCCC1)Cc1ccccc1. The van der Waals surface area contributed by atoms with Gasteiger partial charge in [-0.1, -0.05) is 56.0 Å². The summed E-state index contributed by atoms with van der Waals surface area (Å²) in [6.45, 7) is 2.52. The van der Waals surface area contributed by atoms with Crippen molar-refractivity contribution in [3.05, 3.63) is 35.9 Å². The molecule has 0 atom stereocenters. The number of nitrogens with two attached hydrogens (primary N) is 1. The van der Waals surface area contributed by atoms with Gasteiger partial charge in [0, 0.05) is 25.7 Å². The Hall–Kier alpha value is -1.39. The molecule has 4 heteroatoms. The van der Waals surface area contributed by atoms with Crippen molar-refractivity contribution in [1.29, 1.82) is 0 Å². The first-order valence-corrected chi connectivity index (χ1v) is 8.53. The molecule has 1 aromatic rings. The van der Waals surface area contributed by atoms with Crippen LogP contribution in [0.1, 0.15) is 44.1 Å². The molecule has 1 amide bonds. The van der Waals surface area contributed by atoms with Crippen LogP contribution in [-0.4, -0.2) is 36.5 Å². The van der Waals surface area contributed by atoms with E-state index in [0.29, 0.717) is 19.1 Å². The van der Waals surface area contributed by atoms with E-state index in [-0.39, 0.29) is 5.91 Å². The van der Waals surface area contributed by atoms with Gasteiger partial charge in [0.2, 0.25) is 5.91 Å². The van der Waals surface area contributed by atoms with Gasteiger partial charge in [0.1, 0.15) is 0 Å². The smallest absolute Gasteiger partial charge is 0.234 e. The molecule has 1 aliphatic carbocycles. The van der Waals surface area contributed by atoms with Crippen molar-refractivity contribution < 1.29 is 4.79 Å². The Balaban J connectivity index is 1.82. The van der Waals surface area contributed by atoms with Crippen LogP contribution >= 0.6 is 0 Å². The number of amides is 1. The third-order valence-corrected chi connectivity index (χ3v) is 4.28. The minimum atomic E-state index is 0.135. The van der Waals surface area contributed by atoms with Crippen LogP contribution < -0.4 is 11.1 Å². The van der Waals surface area contributed by atoms with Gasteiger partial charge in [-0.3, -0.25) is 9.69 Å². The first-order chi connectivity index (χ1) is 10.8. The van der Waals surface area contributed by atoms with Gasteiger partial charge in [0.25, 0.3) is 0 Å². The molecule has 1 aliphatic rings. The van der Waals surface area contributed by atoms with Crippen LogP contribution in [0.25, 0.3) is 0 Å². The van der Waals surface area contributed by atoms with Crippen molar-refractivity contribution in [3.8, 4) is 0 Å². The summed E-state index contributed by atoms with van der Waals surface area (Å²) in [5.41, 5.74) is 6.91. The number of hydrogen-bond acceptors (Lipinski definition) is 3. The molecule has 1 aromatic carbocycles. The minimum absolute atomic E-state index is 0.135. The normalized spacial score (nSPS) is 16.5. The molecule has 0 heterocycles. The molecule has 0 bridgehead atoms. The first-order valence-electron chi connectivity index (χ1n) is 8.53. The van der Waals surface area contributed by atoms with Gasteiger partial charge in [0.15, 0.2) is 0 Å². The predicted molar refractivity (Wildman–Crippen MR) is 90.4 cm³/mol. The van der Waals surface area contributed by atoms with Crippen LogP contribution in [0.5, 0.6) is 0 Å². The molecule has 0 radical (unpaired) electrons. The molecular formula is C18H29N3O. The Bertz CT molecular complexity index is 427. The van der Waals surface area contributed by atoms with Crippen LogP contribution in [0.15, 0.2) is 30.3 Å². The van der Waals surface area contributed by atoms with E-state index in [1.165, 1.54) is 31.2 Å². The first kappa shape index (κ1) is 17.0. The quantitative estimate of drug-likeness (QED) is 0.760. The van der Waals surface area contributed by atoms with Crippen molar-refractivity contribution in [2.45, 2.75) is 51.1 Å². The van der Waals surface area contributed by atoms with Crippen molar-refractivity contribution in [2.24, 2.45) is 5.73 Å². The maximum Gasteiger partial charge on any atom is 0.234 e. The molecule has 1 saturated carbocycles. The van der Waals surface area contributed by atoms with Crippen LogP contribution in [0, 0.1) is 0 Å². The Morgan fingerprint density at radius 1 is 1.14 bits per heavy atom. The number of nitrogens with zero attached hydrogens (tertiary/aromatic N) is 1. The topological polar surface area (TPSA) is 58.4 Å². The highest BCUT2D eigenvalue weighted by molar-refractivity contribution is 5.78. The average Bonchev–Trinajstić information content (AvgIpc) is 2.77. The lowest BCUT2D eigenvalue weighted by Crippen LogP contribution is -2.43. The van der Waals surface area contributed by atoms with Crippen LogP contribution in [0.2, 0.25) is 0 Å². The number of benzene rings is 1. The summed E-state index contributed by atoms with van der Waals surface area (Å²) in [4.78, 5) is 14.4. The number of nitrogens with one attached hydrogen (secondary N) is 1. The highest BCUT2D eigenvalue weighted by atomic mass is 16.2. The largest absolute Gasteiger partial charge is 0.352 e. The Morgan fingerprint density at radius 3 is 2.45 bits per heavy atom. The van der Waals surface area contributed by atoms with Crippen LogP contribution in [-0.2, 0) is 11.3 Å². The number of rotatable bonds is 7. The second-order valence-corrected chi connectivity index (χ2v) is 6.24. The zero-order valence-electron chi connectivity index (χ0n) is 13.5. The van der Waals surface area contributed by atoms with Crippen molar-refractivity contribution in [2.75, 3.05) is 19.6 Å². The number of carbonyl (C=O) groups is 1. The molecule has 0 unspecified atom stereocenters. The zero-order chi connectivity index (χ0) is 15.6. The van der Waals surface area contributed by atoms with Crippen LogP contribution in [0.4, 0.5) is 0 Å². The lowest BCUT2D eigenvalue weighted by molar-refractivity contribution is -0.123. The standard InChI is InChI=1S/C18H29N3O/c19-12-13-21(14-16-8-4-3-5-9-16)15-18(22)20-17-10-6-1-2-7-11-17/h3-5,8-9,17H,1-2,6-7,10-15,19H2,(H,20,22). The minimum Gasteiger partial charge on any atom is -0.352 e. The molecule has 1 fully saturated rings. The summed E-state index contributed by atoms with van der Waals surface area (Å²) in [5, 5.41) is 3.21. The molecular weight excluding hydrogens is 274 g/mol.